The monoisotopic (exact) mass is 314 g/mol. The minimum absolute atomic E-state index is 0.0856. The molecule has 3 nitrogen and oxygen atoms in total. The van der Waals surface area contributed by atoms with Crippen molar-refractivity contribution in [3.05, 3.63) is 64.9 Å². The zero-order valence-corrected chi connectivity index (χ0v) is 12.7. The maximum absolute atomic E-state index is 13.5. The SMILES string of the molecule is O=C(NCCCc1nc2ccccc2s1)c1ccccc1F. The molecule has 0 aliphatic rings. The van der Waals surface area contributed by atoms with Crippen LogP contribution >= 0.6 is 11.3 Å². The summed E-state index contributed by atoms with van der Waals surface area (Å²) in [7, 11) is 0. The number of fused-ring (bicyclic) bond motifs is 1. The number of aromatic nitrogens is 1. The molecule has 112 valence electrons. The first-order valence-electron chi connectivity index (χ1n) is 7.11. The Balaban J connectivity index is 1.51. The number of thiazole rings is 1. The summed E-state index contributed by atoms with van der Waals surface area (Å²) < 4.78 is 14.6. The molecule has 22 heavy (non-hydrogen) atoms. The lowest BCUT2D eigenvalue weighted by atomic mass is 10.2. The highest BCUT2D eigenvalue weighted by atomic mass is 32.1. The molecule has 0 aliphatic heterocycles. The summed E-state index contributed by atoms with van der Waals surface area (Å²) >= 11 is 1.67. The van der Waals surface area contributed by atoms with Gasteiger partial charge in [0.15, 0.2) is 0 Å². The minimum Gasteiger partial charge on any atom is -0.352 e. The first-order valence-corrected chi connectivity index (χ1v) is 7.93. The summed E-state index contributed by atoms with van der Waals surface area (Å²) in [5.41, 5.74) is 1.10. The Bertz CT molecular complexity index is 767. The smallest absolute Gasteiger partial charge is 0.254 e. The molecule has 1 aromatic heterocycles. The molecule has 1 N–H and O–H groups in total. The molecule has 5 heteroatoms. The maximum Gasteiger partial charge on any atom is 0.254 e. The lowest BCUT2D eigenvalue weighted by molar-refractivity contribution is 0.0949. The van der Waals surface area contributed by atoms with Gasteiger partial charge in [0.05, 0.1) is 20.8 Å². The highest BCUT2D eigenvalue weighted by Crippen LogP contribution is 2.22. The lowest BCUT2D eigenvalue weighted by Crippen LogP contribution is -2.25. The Morgan fingerprint density at radius 1 is 1.14 bits per heavy atom. The standard InChI is InChI=1S/C17H15FN2OS/c18-13-7-2-1-6-12(13)17(21)19-11-5-10-16-20-14-8-3-4-9-15(14)22-16/h1-4,6-9H,5,10-11H2,(H,19,21). The molecule has 0 saturated carbocycles. The van der Waals surface area contributed by atoms with E-state index in [9.17, 15) is 9.18 Å². The van der Waals surface area contributed by atoms with Crippen LogP contribution in [0.5, 0.6) is 0 Å². The van der Waals surface area contributed by atoms with Crippen LogP contribution in [0.15, 0.2) is 48.5 Å². The van der Waals surface area contributed by atoms with Crippen molar-refractivity contribution in [2.45, 2.75) is 12.8 Å². The quantitative estimate of drug-likeness (QED) is 0.728. The van der Waals surface area contributed by atoms with Crippen LogP contribution in [0.1, 0.15) is 21.8 Å². The number of para-hydroxylation sites is 1. The van der Waals surface area contributed by atoms with Crippen LogP contribution in [0.25, 0.3) is 10.2 Å². The zero-order chi connectivity index (χ0) is 15.4. The van der Waals surface area contributed by atoms with E-state index >= 15 is 0 Å². The predicted molar refractivity (Wildman–Crippen MR) is 86.7 cm³/mol. The van der Waals surface area contributed by atoms with Gasteiger partial charge in [-0.1, -0.05) is 24.3 Å². The van der Waals surface area contributed by atoms with Gasteiger partial charge in [0, 0.05) is 13.0 Å². The Kier molecular flexibility index (Phi) is 4.44. The largest absolute Gasteiger partial charge is 0.352 e. The van der Waals surface area contributed by atoms with E-state index in [4.69, 9.17) is 0 Å². The lowest BCUT2D eigenvalue weighted by Gasteiger charge is -2.05. The maximum atomic E-state index is 13.5. The molecule has 2 aromatic carbocycles. The molecule has 0 spiro atoms. The molecule has 0 saturated heterocycles. The van der Waals surface area contributed by atoms with Crippen molar-refractivity contribution in [2.24, 2.45) is 0 Å². The van der Waals surface area contributed by atoms with Crippen LogP contribution in [-0.4, -0.2) is 17.4 Å². The van der Waals surface area contributed by atoms with Crippen LogP contribution < -0.4 is 5.32 Å². The van der Waals surface area contributed by atoms with Crippen molar-refractivity contribution in [3.63, 3.8) is 0 Å². The number of nitrogens with zero attached hydrogens (tertiary/aromatic N) is 1. The first-order chi connectivity index (χ1) is 10.7. The molecule has 1 heterocycles. The number of benzene rings is 2. The molecular formula is C17H15FN2OS. The van der Waals surface area contributed by atoms with Gasteiger partial charge in [-0.15, -0.1) is 11.3 Å². The average molecular weight is 314 g/mol. The van der Waals surface area contributed by atoms with Crippen LogP contribution in [0, 0.1) is 5.82 Å². The molecule has 1 amide bonds. The number of nitrogens with one attached hydrogen (secondary N) is 1. The molecule has 0 atom stereocenters. The van der Waals surface area contributed by atoms with Crippen molar-refractivity contribution in [3.8, 4) is 0 Å². The van der Waals surface area contributed by atoms with Crippen molar-refractivity contribution in [1.82, 2.24) is 10.3 Å². The van der Waals surface area contributed by atoms with Gasteiger partial charge in [-0.3, -0.25) is 4.79 Å². The van der Waals surface area contributed by atoms with Crippen LogP contribution in [0.2, 0.25) is 0 Å². The fourth-order valence-corrected chi connectivity index (χ4v) is 3.22. The highest BCUT2D eigenvalue weighted by Gasteiger charge is 2.10. The van der Waals surface area contributed by atoms with Crippen molar-refractivity contribution < 1.29 is 9.18 Å². The topological polar surface area (TPSA) is 42.0 Å². The Morgan fingerprint density at radius 3 is 2.73 bits per heavy atom. The summed E-state index contributed by atoms with van der Waals surface area (Å²) in [4.78, 5) is 16.4. The average Bonchev–Trinajstić information content (AvgIpc) is 2.94. The fourth-order valence-electron chi connectivity index (χ4n) is 2.21. The number of carbonyl (C=O) groups excluding carboxylic acids is 1. The highest BCUT2D eigenvalue weighted by molar-refractivity contribution is 7.18. The van der Waals surface area contributed by atoms with E-state index in [1.165, 1.54) is 16.8 Å². The number of carbonyl (C=O) groups is 1. The third-order valence-electron chi connectivity index (χ3n) is 3.31. The number of aryl methyl sites for hydroxylation is 1. The van der Waals surface area contributed by atoms with E-state index in [1.54, 1.807) is 23.5 Å². The molecule has 0 unspecified atom stereocenters. The third-order valence-corrected chi connectivity index (χ3v) is 4.41. The van der Waals surface area contributed by atoms with E-state index in [1.807, 2.05) is 18.2 Å². The van der Waals surface area contributed by atoms with Gasteiger partial charge in [0.2, 0.25) is 0 Å². The molecule has 0 aliphatic carbocycles. The normalized spacial score (nSPS) is 10.8. The number of halogens is 1. The Hall–Kier alpha value is -2.27. The van der Waals surface area contributed by atoms with E-state index in [0.29, 0.717) is 6.54 Å². The van der Waals surface area contributed by atoms with Crippen LogP contribution in [0.4, 0.5) is 4.39 Å². The summed E-state index contributed by atoms with van der Waals surface area (Å²) in [5.74, 6) is -0.867. The van der Waals surface area contributed by atoms with Crippen molar-refractivity contribution in [1.29, 1.82) is 0 Å². The third kappa shape index (κ3) is 3.31. The van der Waals surface area contributed by atoms with E-state index < -0.39 is 5.82 Å². The second-order valence-corrected chi connectivity index (χ2v) is 6.03. The molecular weight excluding hydrogens is 299 g/mol. The van der Waals surface area contributed by atoms with Gasteiger partial charge < -0.3 is 5.32 Å². The van der Waals surface area contributed by atoms with Gasteiger partial charge in [-0.2, -0.15) is 0 Å². The van der Waals surface area contributed by atoms with Crippen molar-refractivity contribution >= 4 is 27.5 Å². The molecule has 0 radical (unpaired) electrons. The Morgan fingerprint density at radius 2 is 1.91 bits per heavy atom. The van der Waals surface area contributed by atoms with Gasteiger partial charge >= 0.3 is 0 Å². The number of rotatable bonds is 5. The first kappa shape index (κ1) is 14.7. The number of hydrogen-bond acceptors (Lipinski definition) is 3. The molecule has 0 fully saturated rings. The second-order valence-electron chi connectivity index (χ2n) is 4.91. The van der Waals surface area contributed by atoms with Gasteiger partial charge in [-0.05, 0) is 30.7 Å². The Labute approximate surface area is 131 Å². The molecule has 0 bridgehead atoms. The number of hydrogen-bond donors (Lipinski definition) is 1. The number of amides is 1. The summed E-state index contributed by atoms with van der Waals surface area (Å²) in [6, 6.07) is 14.0. The van der Waals surface area contributed by atoms with Gasteiger partial charge in [-0.25, -0.2) is 9.37 Å². The van der Waals surface area contributed by atoms with E-state index in [-0.39, 0.29) is 11.5 Å². The summed E-state index contributed by atoms with van der Waals surface area (Å²) in [6.07, 6.45) is 1.58. The second kappa shape index (κ2) is 6.66. The summed E-state index contributed by atoms with van der Waals surface area (Å²) in [6.45, 7) is 0.503. The van der Waals surface area contributed by atoms with Gasteiger partial charge in [0.25, 0.3) is 5.91 Å². The summed E-state index contributed by atoms with van der Waals surface area (Å²) in [5, 5.41) is 3.80. The predicted octanol–water partition coefficient (Wildman–Crippen LogP) is 3.80. The van der Waals surface area contributed by atoms with E-state index in [2.05, 4.69) is 16.4 Å². The molecule has 3 rings (SSSR count). The van der Waals surface area contributed by atoms with E-state index in [0.717, 1.165) is 23.4 Å². The minimum atomic E-state index is -0.494. The zero-order valence-electron chi connectivity index (χ0n) is 11.9. The van der Waals surface area contributed by atoms with Crippen LogP contribution in [-0.2, 0) is 6.42 Å². The van der Waals surface area contributed by atoms with Crippen LogP contribution in [0.3, 0.4) is 0 Å². The fraction of sp³-hybridized carbons (Fsp3) is 0.176. The molecule has 3 aromatic rings. The van der Waals surface area contributed by atoms with Gasteiger partial charge in [0.1, 0.15) is 5.82 Å². The van der Waals surface area contributed by atoms with Crippen molar-refractivity contribution in [2.75, 3.05) is 6.54 Å².